The van der Waals surface area contributed by atoms with Gasteiger partial charge in [0.05, 0.1) is 0 Å². The molecule has 1 aliphatic heterocycles. The number of aromatic nitrogens is 2. The molecule has 19 heavy (non-hydrogen) atoms. The largest absolute Gasteiger partial charge is 0.326 e. The second kappa shape index (κ2) is 4.57. The lowest BCUT2D eigenvalue weighted by Crippen LogP contribution is -2.16. The molecule has 2 aromatic rings. The molecule has 1 aromatic carbocycles. The van der Waals surface area contributed by atoms with Crippen molar-refractivity contribution in [3.8, 4) is 0 Å². The van der Waals surface area contributed by atoms with Crippen molar-refractivity contribution in [3.05, 3.63) is 47.4 Å². The van der Waals surface area contributed by atoms with Gasteiger partial charge in [0, 0.05) is 18.3 Å². The molecule has 0 saturated heterocycles. The number of nitrogens with zero attached hydrogens (tertiary/aromatic N) is 3. The first kappa shape index (κ1) is 12.0. The van der Waals surface area contributed by atoms with Crippen LogP contribution in [0.4, 0.5) is 20.3 Å². The Balaban J connectivity index is 2.04. The third-order valence-electron chi connectivity index (χ3n) is 3.23. The number of hydrogen-bond donors (Lipinski definition) is 0. The molecule has 0 radical (unpaired) electrons. The van der Waals surface area contributed by atoms with Gasteiger partial charge in [-0.05, 0) is 25.0 Å². The predicted molar refractivity (Wildman–Crippen MR) is 68.9 cm³/mol. The molecule has 0 N–H and O–H groups in total. The monoisotopic (exact) mass is 261 g/mol. The highest BCUT2D eigenvalue weighted by atomic mass is 19.3. The SMILES string of the molecule is Cc1nc(C(F)F)cc(N2CCc3ccccc32)n1. The zero-order valence-corrected chi connectivity index (χ0v) is 10.5. The fourth-order valence-corrected chi connectivity index (χ4v) is 2.40. The van der Waals surface area contributed by atoms with Gasteiger partial charge in [0.1, 0.15) is 17.3 Å². The third kappa shape index (κ3) is 2.16. The molecule has 0 bridgehead atoms. The molecule has 0 atom stereocenters. The minimum Gasteiger partial charge on any atom is -0.326 e. The van der Waals surface area contributed by atoms with E-state index in [0.29, 0.717) is 11.6 Å². The summed E-state index contributed by atoms with van der Waals surface area (Å²) in [6.07, 6.45) is -1.67. The maximum Gasteiger partial charge on any atom is 0.280 e. The molecule has 0 saturated carbocycles. The number of aryl methyl sites for hydroxylation is 1. The molecule has 5 heteroatoms. The average molecular weight is 261 g/mol. The van der Waals surface area contributed by atoms with E-state index in [0.717, 1.165) is 18.7 Å². The summed E-state index contributed by atoms with van der Waals surface area (Å²) in [5.74, 6) is 0.921. The van der Waals surface area contributed by atoms with Crippen molar-refractivity contribution in [2.75, 3.05) is 11.4 Å². The van der Waals surface area contributed by atoms with Crippen molar-refractivity contribution in [2.24, 2.45) is 0 Å². The minimum absolute atomic E-state index is 0.216. The number of hydrogen-bond acceptors (Lipinski definition) is 3. The van der Waals surface area contributed by atoms with Crippen molar-refractivity contribution >= 4 is 11.5 Å². The Morgan fingerprint density at radius 2 is 2.00 bits per heavy atom. The molecule has 1 aromatic heterocycles. The first-order valence-electron chi connectivity index (χ1n) is 6.14. The molecule has 3 nitrogen and oxygen atoms in total. The summed E-state index contributed by atoms with van der Waals surface area (Å²) < 4.78 is 25.6. The van der Waals surface area contributed by atoms with Crippen molar-refractivity contribution in [1.29, 1.82) is 0 Å². The predicted octanol–water partition coefficient (Wildman–Crippen LogP) is 3.42. The lowest BCUT2D eigenvalue weighted by atomic mass is 10.2. The quantitative estimate of drug-likeness (QED) is 0.829. The molecule has 0 fully saturated rings. The third-order valence-corrected chi connectivity index (χ3v) is 3.23. The van der Waals surface area contributed by atoms with E-state index in [4.69, 9.17) is 0 Å². The molecule has 3 rings (SSSR count). The number of anilines is 2. The van der Waals surface area contributed by atoms with E-state index < -0.39 is 6.43 Å². The number of halogens is 2. The minimum atomic E-state index is -2.57. The van der Waals surface area contributed by atoms with Crippen LogP contribution < -0.4 is 4.90 Å². The van der Waals surface area contributed by atoms with Gasteiger partial charge in [0.25, 0.3) is 6.43 Å². The Hall–Kier alpha value is -2.04. The van der Waals surface area contributed by atoms with Crippen LogP contribution in [0.15, 0.2) is 30.3 Å². The van der Waals surface area contributed by atoms with Crippen molar-refractivity contribution < 1.29 is 8.78 Å². The fourth-order valence-electron chi connectivity index (χ4n) is 2.40. The Morgan fingerprint density at radius 1 is 1.21 bits per heavy atom. The molecule has 0 amide bonds. The second-order valence-corrected chi connectivity index (χ2v) is 4.53. The molecular weight excluding hydrogens is 248 g/mol. The van der Waals surface area contributed by atoms with Gasteiger partial charge in [-0.15, -0.1) is 0 Å². The van der Waals surface area contributed by atoms with Crippen LogP contribution in [0.2, 0.25) is 0 Å². The average Bonchev–Trinajstić information content (AvgIpc) is 2.81. The van der Waals surface area contributed by atoms with E-state index in [1.54, 1.807) is 6.92 Å². The van der Waals surface area contributed by atoms with E-state index in [1.165, 1.54) is 11.6 Å². The van der Waals surface area contributed by atoms with Gasteiger partial charge in [-0.25, -0.2) is 18.7 Å². The molecule has 0 unspecified atom stereocenters. The number of rotatable bonds is 2. The number of benzene rings is 1. The topological polar surface area (TPSA) is 29.0 Å². The summed E-state index contributed by atoms with van der Waals surface area (Å²) in [5.41, 5.74) is 2.05. The zero-order valence-electron chi connectivity index (χ0n) is 10.5. The molecule has 98 valence electrons. The van der Waals surface area contributed by atoms with Gasteiger partial charge in [-0.2, -0.15) is 0 Å². The summed E-state index contributed by atoms with van der Waals surface area (Å²) in [5, 5.41) is 0. The van der Waals surface area contributed by atoms with Gasteiger partial charge in [-0.3, -0.25) is 0 Å². The maximum atomic E-state index is 12.8. The van der Waals surface area contributed by atoms with Crippen LogP contribution in [0.3, 0.4) is 0 Å². The zero-order chi connectivity index (χ0) is 13.4. The molecule has 0 aliphatic carbocycles. The van der Waals surface area contributed by atoms with Crippen LogP contribution in [-0.4, -0.2) is 16.5 Å². The summed E-state index contributed by atoms with van der Waals surface area (Å²) in [7, 11) is 0. The lowest BCUT2D eigenvalue weighted by Gasteiger charge is -2.19. The van der Waals surface area contributed by atoms with Crippen molar-refractivity contribution in [2.45, 2.75) is 19.8 Å². The van der Waals surface area contributed by atoms with E-state index in [-0.39, 0.29) is 5.69 Å². The molecule has 2 heterocycles. The van der Waals surface area contributed by atoms with Gasteiger partial charge in [-0.1, -0.05) is 18.2 Å². The summed E-state index contributed by atoms with van der Waals surface area (Å²) in [6, 6.07) is 9.34. The van der Waals surface area contributed by atoms with Crippen LogP contribution in [-0.2, 0) is 6.42 Å². The Kier molecular flexibility index (Phi) is 2.89. The number of para-hydroxylation sites is 1. The Morgan fingerprint density at radius 3 is 2.79 bits per heavy atom. The maximum absolute atomic E-state index is 12.8. The Labute approximate surface area is 109 Å². The van der Waals surface area contributed by atoms with Gasteiger partial charge in [0.15, 0.2) is 0 Å². The number of fused-ring (bicyclic) bond motifs is 1. The van der Waals surface area contributed by atoms with Crippen molar-refractivity contribution in [1.82, 2.24) is 9.97 Å². The highest BCUT2D eigenvalue weighted by Gasteiger charge is 2.22. The van der Waals surface area contributed by atoms with Crippen LogP contribution in [0, 0.1) is 6.92 Å². The van der Waals surface area contributed by atoms with Gasteiger partial charge < -0.3 is 4.90 Å². The van der Waals surface area contributed by atoms with Crippen LogP contribution in [0.1, 0.15) is 23.5 Å². The first-order chi connectivity index (χ1) is 9.15. The van der Waals surface area contributed by atoms with E-state index in [1.807, 2.05) is 23.1 Å². The van der Waals surface area contributed by atoms with Crippen LogP contribution in [0.25, 0.3) is 0 Å². The smallest absolute Gasteiger partial charge is 0.280 e. The van der Waals surface area contributed by atoms with E-state index >= 15 is 0 Å². The molecule has 1 aliphatic rings. The van der Waals surface area contributed by atoms with Gasteiger partial charge >= 0.3 is 0 Å². The molecule has 0 spiro atoms. The molecular formula is C14H13F2N3. The van der Waals surface area contributed by atoms with Gasteiger partial charge in [0.2, 0.25) is 0 Å². The van der Waals surface area contributed by atoms with Crippen molar-refractivity contribution in [3.63, 3.8) is 0 Å². The fraction of sp³-hybridized carbons (Fsp3) is 0.286. The summed E-state index contributed by atoms with van der Waals surface area (Å²) >= 11 is 0. The van der Waals surface area contributed by atoms with Crippen LogP contribution in [0.5, 0.6) is 0 Å². The van der Waals surface area contributed by atoms with Crippen LogP contribution >= 0.6 is 0 Å². The Bertz CT molecular complexity index is 613. The number of alkyl halides is 2. The first-order valence-corrected chi connectivity index (χ1v) is 6.14. The second-order valence-electron chi connectivity index (χ2n) is 4.53. The highest BCUT2D eigenvalue weighted by molar-refractivity contribution is 5.67. The standard InChI is InChI=1S/C14H13F2N3/c1-9-17-11(14(15)16)8-13(18-9)19-7-6-10-4-2-3-5-12(10)19/h2-5,8,14H,6-7H2,1H3. The lowest BCUT2D eigenvalue weighted by molar-refractivity contribution is 0.145. The van der Waals surface area contributed by atoms with E-state index in [9.17, 15) is 8.78 Å². The highest BCUT2D eigenvalue weighted by Crippen LogP contribution is 2.34. The summed E-state index contributed by atoms with van der Waals surface area (Å²) in [6.45, 7) is 2.40. The summed E-state index contributed by atoms with van der Waals surface area (Å²) in [4.78, 5) is 10.0. The normalized spacial score (nSPS) is 14.0. The van der Waals surface area contributed by atoms with E-state index in [2.05, 4.69) is 16.0 Å².